The Balaban J connectivity index is 1.00. The zero-order chi connectivity index (χ0) is 59.3. The largest absolute Gasteiger partial charge is 0.513 e. The van der Waals surface area contributed by atoms with E-state index in [0.717, 1.165) is 31.4 Å². The molecule has 0 aliphatic carbocycles. The maximum absolute atomic E-state index is 12.8. The minimum Gasteiger partial charge on any atom is -0.431 e. The van der Waals surface area contributed by atoms with Gasteiger partial charge in [0.25, 0.3) is 5.69 Å². The Bertz CT molecular complexity index is 2120. The highest BCUT2D eigenvalue weighted by molar-refractivity contribution is 5.64. The van der Waals surface area contributed by atoms with Crippen molar-refractivity contribution >= 4 is 11.8 Å². The highest BCUT2D eigenvalue weighted by Crippen LogP contribution is 2.36. The number of hydrogen-bond donors (Lipinski definition) is 16. The molecule has 7 rings (SSSR count). The molecule has 0 saturated carbocycles. The van der Waals surface area contributed by atoms with Crippen molar-refractivity contribution in [3.8, 4) is 5.75 Å². The van der Waals surface area contributed by atoms with Crippen molar-refractivity contribution in [1.29, 1.82) is 0 Å². The van der Waals surface area contributed by atoms with Crippen molar-refractivity contribution in [2.24, 2.45) is 0 Å². The monoisotopic (exact) mass is 1180 g/mol. The minimum absolute atomic E-state index is 0.102. The number of benzene rings is 1. The van der Waals surface area contributed by atoms with Gasteiger partial charge >= 0.3 is 6.16 Å². The molecule has 6 aliphatic heterocycles. The van der Waals surface area contributed by atoms with Crippen LogP contribution in [0.5, 0.6) is 5.75 Å². The highest BCUT2D eigenvalue weighted by Gasteiger charge is 2.57. The van der Waals surface area contributed by atoms with Gasteiger partial charge in [0.2, 0.25) is 0 Å². The molecule has 1 aromatic carbocycles. The number of nitro benzene ring substituents is 1. The van der Waals surface area contributed by atoms with Gasteiger partial charge in [-0.25, -0.2) is 4.79 Å². The van der Waals surface area contributed by atoms with Crippen molar-refractivity contribution in [1.82, 2.24) is 0 Å². The fraction of sp³-hybridized carbons (Fsp3) is 0.848. The van der Waals surface area contributed by atoms with E-state index in [1.54, 1.807) is 6.92 Å². The van der Waals surface area contributed by atoms with Crippen LogP contribution in [0.3, 0.4) is 0 Å². The SMILES string of the molecule is CCC1OC(OC2C(COC(=O)Oc3ccc([N+](=O)[O-])cc3)OC(OC3C(COC)OC(OCC4OC(OC5C(CO)OC(OC6C(CO)OC(OC)C(O)C6O)C(O)C5O)C(O)C(O)C4O)C(O)C3O)C(O)C2O)C(O)C(O)C1O. The van der Waals surface area contributed by atoms with Crippen LogP contribution >= 0.6 is 0 Å². The molecule has 0 spiro atoms. The molecule has 16 N–H and O–H groups in total. The number of rotatable bonds is 21. The molecule has 464 valence electrons. The summed E-state index contributed by atoms with van der Waals surface area (Å²) in [6, 6.07) is 4.25. The first-order chi connectivity index (χ1) is 38.5. The van der Waals surface area contributed by atoms with Gasteiger partial charge in [0.15, 0.2) is 37.7 Å². The number of nitrogens with zero attached hydrogens (tertiary/aromatic N) is 1. The number of carbonyl (C=O) groups excluding carboxylic acids is 1. The third-order valence-corrected chi connectivity index (χ3v) is 14.4. The Morgan fingerprint density at radius 1 is 0.469 bits per heavy atom. The van der Waals surface area contributed by atoms with Gasteiger partial charge in [0.1, 0.15) is 153 Å². The molecular formula is C46H71NO34. The first kappa shape index (κ1) is 65.3. The number of nitro groups is 1. The fourth-order valence-electron chi connectivity index (χ4n) is 9.83. The summed E-state index contributed by atoms with van der Waals surface area (Å²) < 4.78 is 83.5. The molecule has 0 aromatic heterocycles. The van der Waals surface area contributed by atoms with Crippen molar-refractivity contribution in [2.75, 3.05) is 47.3 Å². The first-order valence-corrected chi connectivity index (χ1v) is 25.5. The molecule has 0 radical (unpaired) electrons. The van der Waals surface area contributed by atoms with Crippen LogP contribution in [-0.2, 0) is 66.3 Å². The van der Waals surface area contributed by atoms with Gasteiger partial charge in [-0.3, -0.25) is 10.1 Å². The van der Waals surface area contributed by atoms with E-state index in [4.69, 9.17) is 71.1 Å². The van der Waals surface area contributed by atoms with Gasteiger partial charge in [-0.2, -0.15) is 0 Å². The summed E-state index contributed by atoms with van der Waals surface area (Å²) in [5.41, 5.74) is -0.326. The number of hydrogen-bond acceptors (Lipinski definition) is 34. The normalized spacial score (nSPS) is 46.0. The summed E-state index contributed by atoms with van der Waals surface area (Å²) in [5, 5.41) is 185. The molecule has 1 aromatic rings. The van der Waals surface area contributed by atoms with E-state index >= 15 is 0 Å². The fourth-order valence-corrected chi connectivity index (χ4v) is 9.83. The zero-order valence-electron chi connectivity index (χ0n) is 43.3. The summed E-state index contributed by atoms with van der Waals surface area (Å²) in [6.07, 6.45) is -55.9. The quantitative estimate of drug-likeness (QED) is 0.0235. The molecule has 30 atom stereocenters. The van der Waals surface area contributed by atoms with E-state index < -0.39 is 228 Å². The van der Waals surface area contributed by atoms with Gasteiger partial charge in [0, 0.05) is 26.4 Å². The van der Waals surface area contributed by atoms with Crippen molar-refractivity contribution in [3.05, 3.63) is 34.4 Å². The molecule has 6 fully saturated rings. The van der Waals surface area contributed by atoms with Crippen LogP contribution in [0.15, 0.2) is 24.3 Å². The van der Waals surface area contributed by atoms with Gasteiger partial charge in [0.05, 0.1) is 37.5 Å². The summed E-state index contributed by atoms with van der Waals surface area (Å²) in [5.74, 6) is -0.199. The summed E-state index contributed by atoms with van der Waals surface area (Å²) in [4.78, 5) is 23.2. The molecule has 6 heterocycles. The van der Waals surface area contributed by atoms with Crippen LogP contribution in [-0.4, -0.2) is 324 Å². The average Bonchev–Trinajstić information content (AvgIpc) is 3.53. The molecular weight excluding hydrogens is 1110 g/mol. The van der Waals surface area contributed by atoms with Gasteiger partial charge < -0.3 is 153 Å². The Labute approximate surface area is 458 Å². The molecule has 0 amide bonds. The standard InChI is InChI=1S/C46H71NO34/c1-4-16-22(50)24(52)30(58)42(72-16)81-39-21(13-70-46(64)71-15-7-5-14(6-8-15)47(65)66)77-45(35(63)29(39)57)80-38-20(11-67-2)76-41(33(61)27(38)55)69-12-19-23(51)25(53)31(59)43(75-19)78-37-18(10-49)74-44(34(62)28(37)56)79-36-17(9-48)73-40(68-3)32(60)26(36)54/h5-8,16-45,48-63H,4,9-13H2,1-3H3. The topological polar surface area (TPSA) is 522 Å². The summed E-state index contributed by atoms with van der Waals surface area (Å²) >= 11 is 0. The number of carbonyl (C=O) groups is 1. The number of aliphatic hydroxyl groups excluding tert-OH is 16. The van der Waals surface area contributed by atoms with Gasteiger partial charge in [-0.1, -0.05) is 6.92 Å². The third-order valence-electron chi connectivity index (χ3n) is 14.4. The third kappa shape index (κ3) is 14.5. The van der Waals surface area contributed by atoms with Crippen LogP contribution in [0.25, 0.3) is 0 Å². The first-order valence-electron chi connectivity index (χ1n) is 25.5. The number of aliphatic hydroxyl groups is 16. The second kappa shape index (κ2) is 28.7. The van der Waals surface area contributed by atoms with Crippen molar-refractivity contribution < 1.29 is 162 Å². The van der Waals surface area contributed by atoms with E-state index in [2.05, 4.69) is 0 Å². The second-order valence-corrected chi connectivity index (χ2v) is 19.7. The summed E-state index contributed by atoms with van der Waals surface area (Å²) in [7, 11) is 2.36. The maximum atomic E-state index is 12.8. The zero-order valence-corrected chi connectivity index (χ0v) is 43.3. The molecule has 6 aliphatic rings. The molecule has 35 nitrogen and oxygen atoms in total. The van der Waals surface area contributed by atoms with Crippen LogP contribution in [0.2, 0.25) is 0 Å². The van der Waals surface area contributed by atoms with Crippen molar-refractivity contribution in [2.45, 2.75) is 198 Å². The maximum Gasteiger partial charge on any atom is 0.513 e. The predicted molar refractivity (Wildman–Crippen MR) is 250 cm³/mol. The van der Waals surface area contributed by atoms with Crippen LogP contribution in [0.1, 0.15) is 13.3 Å². The Hall–Kier alpha value is -3.27. The van der Waals surface area contributed by atoms with E-state index in [1.807, 2.05) is 0 Å². The van der Waals surface area contributed by atoms with E-state index in [9.17, 15) is 96.6 Å². The Morgan fingerprint density at radius 3 is 1.28 bits per heavy atom. The lowest BCUT2D eigenvalue weighted by Gasteiger charge is -2.48. The predicted octanol–water partition coefficient (Wildman–Crippen LogP) is -9.24. The van der Waals surface area contributed by atoms with Gasteiger partial charge in [-0.15, -0.1) is 0 Å². The van der Waals surface area contributed by atoms with Crippen LogP contribution in [0, 0.1) is 10.1 Å². The smallest absolute Gasteiger partial charge is 0.431 e. The lowest BCUT2D eigenvalue weighted by atomic mass is 9.95. The minimum atomic E-state index is -2.16. The lowest BCUT2D eigenvalue weighted by Crippen LogP contribution is -2.67. The number of non-ortho nitro benzene ring substituents is 1. The van der Waals surface area contributed by atoms with E-state index in [0.29, 0.717) is 0 Å². The number of ether oxygens (including phenoxy) is 15. The lowest BCUT2D eigenvalue weighted by molar-refractivity contribution is -0.385. The van der Waals surface area contributed by atoms with Crippen LogP contribution in [0.4, 0.5) is 10.5 Å². The highest BCUT2D eigenvalue weighted by atomic mass is 16.8. The molecule has 30 unspecified atom stereocenters. The molecule has 0 bridgehead atoms. The molecule has 81 heavy (non-hydrogen) atoms. The summed E-state index contributed by atoms with van der Waals surface area (Å²) in [6.45, 7) is -2.39. The van der Waals surface area contributed by atoms with Gasteiger partial charge in [-0.05, 0) is 18.6 Å². The molecule has 6 saturated heterocycles. The van der Waals surface area contributed by atoms with E-state index in [1.165, 1.54) is 7.11 Å². The van der Waals surface area contributed by atoms with Crippen molar-refractivity contribution in [3.63, 3.8) is 0 Å². The van der Waals surface area contributed by atoms with E-state index in [-0.39, 0.29) is 17.9 Å². The number of methoxy groups -OCH3 is 2. The van der Waals surface area contributed by atoms with Crippen LogP contribution < -0.4 is 4.74 Å². The average molecular weight is 1180 g/mol. The Kier molecular flexibility index (Phi) is 23.2. The Morgan fingerprint density at radius 2 is 0.840 bits per heavy atom. The second-order valence-electron chi connectivity index (χ2n) is 19.7. The molecule has 35 heteroatoms.